The molecular formula is C22H21Cl2N3O5S. The molecule has 8 nitrogen and oxygen atoms in total. The number of aromatic nitrogens is 2. The molecule has 0 radical (unpaired) electrons. The zero-order valence-electron chi connectivity index (χ0n) is 17.8. The number of amides is 1. The molecule has 2 aromatic heterocycles. The fraction of sp³-hybridized carbons (Fsp3) is 0.364. The second kappa shape index (κ2) is 10.5. The van der Waals surface area contributed by atoms with E-state index in [9.17, 15) is 9.59 Å². The summed E-state index contributed by atoms with van der Waals surface area (Å²) < 4.78 is 15.7. The predicted octanol–water partition coefficient (Wildman–Crippen LogP) is 5.07. The van der Waals surface area contributed by atoms with E-state index in [-0.39, 0.29) is 30.7 Å². The summed E-state index contributed by atoms with van der Waals surface area (Å²) in [6.07, 6.45) is 1.59. The summed E-state index contributed by atoms with van der Waals surface area (Å²) in [5.74, 6) is 0.478. The van der Waals surface area contributed by atoms with Gasteiger partial charge in [-0.25, -0.2) is 9.78 Å². The monoisotopic (exact) mass is 509 g/mol. The van der Waals surface area contributed by atoms with E-state index < -0.39 is 5.97 Å². The average molecular weight is 510 g/mol. The maximum Gasteiger partial charge on any atom is 0.360 e. The lowest BCUT2D eigenvalue weighted by Crippen LogP contribution is -2.40. The summed E-state index contributed by atoms with van der Waals surface area (Å²) in [4.78, 5) is 30.8. The van der Waals surface area contributed by atoms with Crippen molar-refractivity contribution in [2.45, 2.75) is 25.7 Å². The molecule has 1 aliphatic heterocycles. The number of thiazole rings is 1. The first-order valence-corrected chi connectivity index (χ1v) is 12.0. The van der Waals surface area contributed by atoms with Gasteiger partial charge in [0.25, 0.3) is 5.91 Å². The average Bonchev–Trinajstić information content (AvgIpc) is 3.49. The molecular weight excluding hydrogens is 489 g/mol. The zero-order valence-corrected chi connectivity index (χ0v) is 20.1. The summed E-state index contributed by atoms with van der Waals surface area (Å²) in [6.45, 7) is 3.15. The van der Waals surface area contributed by atoms with Gasteiger partial charge in [0.05, 0.1) is 16.6 Å². The molecule has 1 aromatic carbocycles. The summed E-state index contributed by atoms with van der Waals surface area (Å²) in [6, 6.07) is 6.42. The van der Waals surface area contributed by atoms with Crippen molar-refractivity contribution in [3.63, 3.8) is 0 Å². The Morgan fingerprint density at radius 2 is 2.03 bits per heavy atom. The molecule has 1 saturated heterocycles. The predicted molar refractivity (Wildman–Crippen MR) is 124 cm³/mol. The lowest BCUT2D eigenvalue weighted by atomic mass is 9.97. The molecule has 33 heavy (non-hydrogen) atoms. The molecule has 0 atom stereocenters. The number of rotatable bonds is 7. The number of carbonyl (C=O) groups excluding carboxylic acids is 2. The number of likely N-dealkylation sites (tertiary alicyclic amines) is 1. The van der Waals surface area contributed by atoms with E-state index in [0.29, 0.717) is 40.3 Å². The highest BCUT2D eigenvalue weighted by Crippen LogP contribution is 2.33. The van der Waals surface area contributed by atoms with E-state index in [2.05, 4.69) is 10.1 Å². The zero-order chi connectivity index (χ0) is 23.4. The minimum Gasteiger partial charge on any atom is -0.482 e. The number of ether oxygens (including phenoxy) is 2. The first-order valence-electron chi connectivity index (χ1n) is 10.4. The number of carbonyl (C=O) groups is 2. The molecule has 0 saturated carbocycles. The van der Waals surface area contributed by atoms with Crippen LogP contribution in [0.3, 0.4) is 0 Å². The SMILES string of the molecule is CCOC(=O)c1cc(-c2csc(C3CCN(C(=O)COc4ccc(Cl)cc4Cl)CC3)n2)on1. The molecule has 3 heterocycles. The second-order valence-corrected chi connectivity index (χ2v) is 9.12. The molecule has 0 N–H and O–H groups in total. The third-order valence-electron chi connectivity index (χ3n) is 5.21. The summed E-state index contributed by atoms with van der Waals surface area (Å²) in [5, 5.41) is 7.48. The van der Waals surface area contributed by atoms with Crippen LogP contribution in [0.25, 0.3) is 11.5 Å². The Morgan fingerprint density at radius 3 is 2.76 bits per heavy atom. The number of halogens is 2. The maximum atomic E-state index is 12.5. The summed E-state index contributed by atoms with van der Waals surface area (Å²) in [5.41, 5.74) is 0.750. The highest BCUT2D eigenvalue weighted by atomic mass is 35.5. The fourth-order valence-corrected chi connectivity index (χ4v) is 4.93. The van der Waals surface area contributed by atoms with Crippen molar-refractivity contribution in [3.8, 4) is 17.2 Å². The minimum absolute atomic E-state index is 0.0816. The Kier molecular flexibility index (Phi) is 7.52. The molecule has 0 unspecified atom stereocenters. The molecule has 174 valence electrons. The largest absolute Gasteiger partial charge is 0.482 e. The van der Waals surface area contributed by atoms with E-state index in [1.165, 1.54) is 17.4 Å². The van der Waals surface area contributed by atoms with Crippen molar-refractivity contribution in [2.24, 2.45) is 0 Å². The Balaban J connectivity index is 1.30. The van der Waals surface area contributed by atoms with E-state index >= 15 is 0 Å². The standard InChI is InChI=1S/C22H21Cl2N3O5S/c1-2-30-22(29)16-10-19(32-26-16)17-12-33-21(25-17)13-5-7-27(8-6-13)20(28)11-31-18-4-3-14(23)9-15(18)24/h3-4,9-10,12-13H,2,5-8,11H2,1H3. The van der Waals surface area contributed by atoms with E-state index in [4.69, 9.17) is 37.2 Å². The van der Waals surface area contributed by atoms with Gasteiger partial charge in [-0.3, -0.25) is 4.79 Å². The molecule has 1 amide bonds. The van der Waals surface area contributed by atoms with Crippen LogP contribution in [-0.4, -0.2) is 53.2 Å². The topological polar surface area (TPSA) is 94.8 Å². The van der Waals surface area contributed by atoms with Crippen molar-refractivity contribution in [2.75, 3.05) is 26.3 Å². The smallest absolute Gasteiger partial charge is 0.360 e. The number of benzene rings is 1. The Morgan fingerprint density at radius 1 is 1.24 bits per heavy atom. The third kappa shape index (κ3) is 5.66. The lowest BCUT2D eigenvalue weighted by Gasteiger charge is -2.31. The molecule has 4 rings (SSSR count). The molecule has 11 heteroatoms. The van der Waals surface area contributed by atoms with Crippen LogP contribution in [0, 0.1) is 0 Å². The fourth-order valence-electron chi connectivity index (χ4n) is 3.48. The van der Waals surface area contributed by atoms with Crippen LogP contribution in [0.4, 0.5) is 0 Å². The third-order valence-corrected chi connectivity index (χ3v) is 6.75. The van der Waals surface area contributed by atoms with Crippen LogP contribution in [0.1, 0.15) is 41.2 Å². The van der Waals surface area contributed by atoms with Gasteiger partial charge in [0, 0.05) is 35.5 Å². The van der Waals surface area contributed by atoms with Gasteiger partial charge in [0.1, 0.15) is 11.4 Å². The first-order chi connectivity index (χ1) is 15.9. The number of piperidine rings is 1. The van der Waals surface area contributed by atoms with Crippen molar-refractivity contribution >= 4 is 46.4 Å². The molecule has 1 fully saturated rings. The van der Waals surface area contributed by atoms with Crippen LogP contribution in [-0.2, 0) is 9.53 Å². The van der Waals surface area contributed by atoms with Crippen molar-refractivity contribution in [1.29, 1.82) is 0 Å². The van der Waals surface area contributed by atoms with Crippen molar-refractivity contribution in [1.82, 2.24) is 15.0 Å². The van der Waals surface area contributed by atoms with E-state index in [0.717, 1.165) is 17.8 Å². The minimum atomic E-state index is -0.526. The van der Waals surface area contributed by atoms with Crippen LogP contribution in [0.15, 0.2) is 34.2 Å². The molecule has 0 spiro atoms. The molecule has 0 aliphatic carbocycles. The van der Waals surface area contributed by atoms with Crippen LogP contribution < -0.4 is 4.74 Å². The van der Waals surface area contributed by atoms with Gasteiger partial charge in [0.15, 0.2) is 18.1 Å². The number of hydrogen-bond donors (Lipinski definition) is 0. The van der Waals surface area contributed by atoms with Crippen LogP contribution in [0.5, 0.6) is 5.75 Å². The van der Waals surface area contributed by atoms with Crippen LogP contribution in [0.2, 0.25) is 10.0 Å². The Bertz CT molecular complexity index is 1140. The highest BCUT2D eigenvalue weighted by molar-refractivity contribution is 7.10. The van der Waals surface area contributed by atoms with Gasteiger partial charge in [-0.15, -0.1) is 11.3 Å². The van der Waals surface area contributed by atoms with Gasteiger partial charge in [-0.1, -0.05) is 28.4 Å². The number of nitrogens with zero attached hydrogens (tertiary/aromatic N) is 3. The van der Waals surface area contributed by atoms with Gasteiger partial charge >= 0.3 is 5.97 Å². The van der Waals surface area contributed by atoms with Crippen molar-refractivity contribution < 1.29 is 23.6 Å². The lowest BCUT2D eigenvalue weighted by molar-refractivity contribution is -0.134. The highest BCUT2D eigenvalue weighted by Gasteiger charge is 2.27. The maximum absolute atomic E-state index is 12.5. The molecule has 1 aliphatic rings. The van der Waals surface area contributed by atoms with Gasteiger partial charge in [0.2, 0.25) is 0 Å². The number of hydrogen-bond acceptors (Lipinski definition) is 8. The Hall–Kier alpha value is -2.62. The normalized spacial score (nSPS) is 14.3. The molecule has 3 aromatic rings. The van der Waals surface area contributed by atoms with Gasteiger partial charge < -0.3 is 18.9 Å². The van der Waals surface area contributed by atoms with Gasteiger partial charge in [-0.2, -0.15) is 0 Å². The van der Waals surface area contributed by atoms with E-state index in [1.807, 2.05) is 5.38 Å². The summed E-state index contributed by atoms with van der Waals surface area (Å²) in [7, 11) is 0. The quantitative estimate of drug-likeness (QED) is 0.410. The van der Waals surface area contributed by atoms with Gasteiger partial charge in [-0.05, 0) is 38.0 Å². The number of esters is 1. The van der Waals surface area contributed by atoms with Crippen LogP contribution >= 0.6 is 34.5 Å². The van der Waals surface area contributed by atoms with Crippen molar-refractivity contribution in [3.05, 3.63) is 50.4 Å². The Labute approximate surface area is 204 Å². The molecule has 0 bridgehead atoms. The first kappa shape index (κ1) is 23.5. The second-order valence-electron chi connectivity index (χ2n) is 7.39. The summed E-state index contributed by atoms with van der Waals surface area (Å²) >= 11 is 13.5. The van der Waals surface area contributed by atoms with E-state index in [1.54, 1.807) is 30.0 Å².